The fourth-order valence-corrected chi connectivity index (χ4v) is 5.57. The van der Waals surface area contributed by atoms with Gasteiger partial charge in [-0.3, -0.25) is 4.79 Å². The SMILES string of the molecule is CCCC1CCC(C(=O)Oc2ccc(-c3ncc([C@H]4CC[C@H](CC)CC4)cn3)cc2)CC1. The number of ether oxygens (including phenoxy) is 1. The predicted octanol–water partition coefficient (Wildman–Crippen LogP) is 7.34. The van der Waals surface area contributed by atoms with Crippen LogP contribution in [-0.2, 0) is 4.79 Å². The Morgan fingerprint density at radius 2 is 1.50 bits per heavy atom. The number of esters is 1. The second-order valence-corrected chi connectivity index (χ2v) is 9.92. The summed E-state index contributed by atoms with van der Waals surface area (Å²) in [5.74, 6) is 3.60. The van der Waals surface area contributed by atoms with Gasteiger partial charge in [-0.2, -0.15) is 0 Å². The van der Waals surface area contributed by atoms with E-state index in [2.05, 4.69) is 23.8 Å². The van der Waals surface area contributed by atoms with Crippen LogP contribution in [0.3, 0.4) is 0 Å². The van der Waals surface area contributed by atoms with Gasteiger partial charge in [-0.05, 0) is 98.9 Å². The van der Waals surface area contributed by atoms with Gasteiger partial charge in [-0.25, -0.2) is 9.97 Å². The highest BCUT2D eigenvalue weighted by atomic mass is 16.5. The van der Waals surface area contributed by atoms with Crippen molar-refractivity contribution in [2.24, 2.45) is 17.8 Å². The molecule has 0 amide bonds. The van der Waals surface area contributed by atoms with E-state index in [0.717, 1.165) is 48.9 Å². The van der Waals surface area contributed by atoms with Gasteiger partial charge in [0.05, 0.1) is 5.92 Å². The monoisotopic (exact) mass is 434 g/mol. The van der Waals surface area contributed by atoms with Crippen molar-refractivity contribution in [1.82, 2.24) is 9.97 Å². The van der Waals surface area contributed by atoms with Gasteiger partial charge >= 0.3 is 5.97 Å². The van der Waals surface area contributed by atoms with Crippen LogP contribution in [0.4, 0.5) is 0 Å². The standard InChI is InChI=1S/C28H38N2O2/c1-3-5-21-8-12-24(13-9-21)28(31)32-26-16-14-23(15-17-26)27-29-18-25(19-30-27)22-10-6-20(4-2)7-11-22/h14-22,24H,3-13H2,1-2H3/t20-,21?,22-,24?. The molecule has 0 N–H and O–H groups in total. The van der Waals surface area contributed by atoms with Crippen LogP contribution in [0.1, 0.15) is 96.0 Å². The van der Waals surface area contributed by atoms with Crippen LogP contribution >= 0.6 is 0 Å². The van der Waals surface area contributed by atoms with Gasteiger partial charge in [0.25, 0.3) is 0 Å². The van der Waals surface area contributed by atoms with Crippen LogP contribution in [0, 0.1) is 17.8 Å². The van der Waals surface area contributed by atoms with Crippen LogP contribution in [0.15, 0.2) is 36.7 Å². The van der Waals surface area contributed by atoms with E-state index in [0.29, 0.717) is 11.7 Å². The molecule has 0 saturated heterocycles. The average Bonchev–Trinajstić information content (AvgIpc) is 2.85. The first-order valence-electron chi connectivity index (χ1n) is 12.8. The maximum atomic E-state index is 12.6. The van der Waals surface area contributed by atoms with Crippen LogP contribution in [0.5, 0.6) is 5.75 Å². The van der Waals surface area contributed by atoms with E-state index in [9.17, 15) is 4.79 Å². The van der Waals surface area contributed by atoms with Crippen molar-refractivity contribution in [3.63, 3.8) is 0 Å². The van der Waals surface area contributed by atoms with E-state index < -0.39 is 0 Å². The van der Waals surface area contributed by atoms with E-state index >= 15 is 0 Å². The molecule has 0 atom stereocenters. The van der Waals surface area contributed by atoms with Gasteiger partial charge in [-0.1, -0.05) is 33.1 Å². The molecule has 0 aliphatic heterocycles. The molecule has 4 rings (SSSR count). The van der Waals surface area contributed by atoms with Gasteiger partial charge in [0.1, 0.15) is 5.75 Å². The molecule has 4 heteroatoms. The fourth-order valence-electron chi connectivity index (χ4n) is 5.57. The number of hydrogen-bond donors (Lipinski definition) is 0. The lowest BCUT2D eigenvalue weighted by Crippen LogP contribution is -2.25. The molecule has 0 unspecified atom stereocenters. The molecule has 1 aromatic carbocycles. The topological polar surface area (TPSA) is 52.1 Å². The van der Waals surface area contributed by atoms with Gasteiger partial charge in [-0.15, -0.1) is 0 Å². The lowest BCUT2D eigenvalue weighted by molar-refractivity contribution is -0.140. The Morgan fingerprint density at radius 3 is 2.09 bits per heavy atom. The maximum absolute atomic E-state index is 12.6. The van der Waals surface area contributed by atoms with Crippen molar-refractivity contribution >= 4 is 5.97 Å². The number of benzene rings is 1. The summed E-state index contributed by atoms with van der Waals surface area (Å²) in [5, 5.41) is 0. The highest BCUT2D eigenvalue weighted by molar-refractivity contribution is 5.75. The number of rotatable bonds is 7. The average molecular weight is 435 g/mol. The summed E-state index contributed by atoms with van der Waals surface area (Å²) >= 11 is 0. The normalized spacial score (nSPS) is 25.9. The molecule has 1 heterocycles. The smallest absolute Gasteiger partial charge is 0.314 e. The second kappa shape index (κ2) is 11.1. The van der Waals surface area contributed by atoms with E-state index in [-0.39, 0.29) is 11.9 Å². The van der Waals surface area contributed by atoms with Crippen LogP contribution < -0.4 is 4.74 Å². The van der Waals surface area contributed by atoms with E-state index in [4.69, 9.17) is 4.74 Å². The minimum atomic E-state index is -0.0777. The second-order valence-electron chi connectivity index (χ2n) is 9.92. The maximum Gasteiger partial charge on any atom is 0.314 e. The molecule has 4 nitrogen and oxygen atoms in total. The molecular formula is C28H38N2O2. The first kappa shape index (κ1) is 22.9. The number of aromatic nitrogens is 2. The molecule has 2 aromatic rings. The molecule has 2 saturated carbocycles. The van der Waals surface area contributed by atoms with Crippen molar-refractivity contribution in [2.75, 3.05) is 0 Å². The summed E-state index contributed by atoms with van der Waals surface area (Å²) in [4.78, 5) is 21.8. The molecular weight excluding hydrogens is 396 g/mol. The molecule has 2 fully saturated rings. The lowest BCUT2D eigenvalue weighted by atomic mass is 9.78. The molecule has 172 valence electrons. The third kappa shape index (κ3) is 5.76. The van der Waals surface area contributed by atoms with Gasteiger partial charge in [0.2, 0.25) is 0 Å². The van der Waals surface area contributed by atoms with Gasteiger partial charge in [0.15, 0.2) is 5.82 Å². The quantitative estimate of drug-likeness (QED) is 0.338. The van der Waals surface area contributed by atoms with Crippen molar-refractivity contribution in [2.45, 2.75) is 90.4 Å². The summed E-state index contributed by atoms with van der Waals surface area (Å²) in [6, 6.07) is 7.61. The summed E-state index contributed by atoms with van der Waals surface area (Å²) in [6.45, 7) is 4.54. The highest BCUT2D eigenvalue weighted by Crippen LogP contribution is 2.37. The molecule has 0 bridgehead atoms. The van der Waals surface area contributed by atoms with E-state index in [1.165, 1.54) is 50.5 Å². The van der Waals surface area contributed by atoms with E-state index in [1.807, 2.05) is 36.7 Å². The number of carbonyl (C=O) groups excluding carboxylic acids is 1. The van der Waals surface area contributed by atoms with Crippen molar-refractivity contribution in [1.29, 1.82) is 0 Å². The lowest BCUT2D eigenvalue weighted by Gasteiger charge is -2.27. The largest absolute Gasteiger partial charge is 0.426 e. The first-order chi connectivity index (χ1) is 15.7. The zero-order valence-electron chi connectivity index (χ0n) is 19.8. The third-order valence-electron chi connectivity index (χ3n) is 7.78. The Balaban J connectivity index is 1.30. The van der Waals surface area contributed by atoms with E-state index in [1.54, 1.807) is 0 Å². The predicted molar refractivity (Wildman–Crippen MR) is 128 cm³/mol. The minimum absolute atomic E-state index is 0.0473. The summed E-state index contributed by atoms with van der Waals surface area (Å²) in [6.07, 6.45) is 17.2. The number of carbonyl (C=O) groups is 1. The molecule has 2 aliphatic carbocycles. The molecule has 1 aromatic heterocycles. The van der Waals surface area contributed by atoms with Gasteiger partial charge < -0.3 is 4.74 Å². The molecule has 0 spiro atoms. The Bertz CT molecular complexity index is 846. The Labute approximate surface area is 193 Å². The third-order valence-corrected chi connectivity index (χ3v) is 7.78. The van der Waals surface area contributed by atoms with Crippen LogP contribution in [-0.4, -0.2) is 15.9 Å². The van der Waals surface area contributed by atoms with Crippen molar-refractivity contribution < 1.29 is 9.53 Å². The number of hydrogen-bond acceptors (Lipinski definition) is 4. The summed E-state index contributed by atoms with van der Waals surface area (Å²) in [5.41, 5.74) is 2.22. The highest BCUT2D eigenvalue weighted by Gasteiger charge is 2.27. The first-order valence-corrected chi connectivity index (χ1v) is 12.8. The van der Waals surface area contributed by atoms with Gasteiger partial charge in [0, 0.05) is 18.0 Å². The van der Waals surface area contributed by atoms with Crippen LogP contribution in [0.2, 0.25) is 0 Å². The Kier molecular flexibility index (Phi) is 7.94. The fraction of sp³-hybridized carbons (Fsp3) is 0.607. The Morgan fingerprint density at radius 1 is 0.875 bits per heavy atom. The van der Waals surface area contributed by atoms with Crippen molar-refractivity contribution in [3.8, 4) is 17.1 Å². The molecule has 0 radical (unpaired) electrons. The summed E-state index contributed by atoms with van der Waals surface area (Å²) < 4.78 is 5.68. The summed E-state index contributed by atoms with van der Waals surface area (Å²) in [7, 11) is 0. The zero-order chi connectivity index (χ0) is 22.3. The number of nitrogens with zero attached hydrogens (tertiary/aromatic N) is 2. The van der Waals surface area contributed by atoms with Crippen molar-refractivity contribution in [3.05, 3.63) is 42.2 Å². The molecule has 2 aliphatic rings. The zero-order valence-corrected chi connectivity index (χ0v) is 19.8. The minimum Gasteiger partial charge on any atom is -0.426 e. The Hall–Kier alpha value is -2.23. The molecule has 32 heavy (non-hydrogen) atoms. The van der Waals surface area contributed by atoms with Crippen LogP contribution in [0.25, 0.3) is 11.4 Å².